The molecule has 1 atom stereocenters. The average Bonchev–Trinajstić information content (AvgIpc) is 2.27. The maximum atomic E-state index is 11.8. The first kappa shape index (κ1) is 14.0. The van der Waals surface area contributed by atoms with Gasteiger partial charge in [0.2, 0.25) is 0 Å². The Morgan fingerprint density at radius 1 is 1.41 bits per heavy atom. The summed E-state index contributed by atoms with van der Waals surface area (Å²) < 4.78 is 4.43. The Hall–Kier alpha value is -1.10. The lowest BCUT2D eigenvalue weighted by molar-refractivity contribution is -0.142. The summed E-state index contributed by atoms with van der Waals surface area (Å²) in [7, 11) is 1.21. The smallest absolute Gasteiger partial charge is 0.323 e. The monoisotopic (exact) mass is 275 g/mol. The first-order valence-corrected chi connectivity index (χ1v) is 5.53. The number of carbonyl (C=O) groups excluding carboxylic acids is 2. The topological polar surface area (TPSA) is 69.4 Å². The SMILES string of the molecule is COC(=O)C(N)CC(=O)c1ccc(Cl)cc1Cl. The molecule has 17 heavy (non-hydrogen) atoms. The zero-order valence-electron chi connectivity index (χ0n) is 9.07. The van der Waals surface area contributed by atoms with Crippen molar-refractivity contribution in [2.24, 2.45) is 5.73 Å². The van der Waals surface area contributed by atoms with Gasteiger partial charge in [-0.25, -0.2) is 0 Å². The first-order chi connectivity index (χ1) is 7.95. The summed E-state index contributed by atoms with van der Waals surface area (Å²) in [5.74, 6) is -0.965. The average molecular weight is 276 g/mol. The molecular weight excluding hydrogens is 265 g/mol. The standard InChI is InChI=1S/C11H11Cl2NO3/c1-17-11(16)9(14)5-10(15)7-3-2-6(12)4-8(7)13/h2-4,9H,5,14H2,1H3. The number of nitrogens with two attached hydrogens (primary N) is 1. The van der Waals surface area contributed by atoms with Crippen LogP contribution < -0.4 is 5.73 Å². The Morgan fingerprint density at radius 3 is 2.59 bits per heavy atom. The summed E-state index contributed by atoms with van der Waals surface area (Å²) in [6.45, 7) is 0. The van der Waals surface area contributed by atoms with Gasteiger partial charge in [0, 0.05) is 17.0 Å². The van der Waals surface area contributed by atoms with Crippen LogP contribution in [0.5, 0.6) is 0 Å². The van der Waals surface area contributed by atoms with Crippen molar-refractivity contribution in [1.82, 2.24) is 0 Å². The quantitative estimate of drug-likeness (QED) is 0.675. The fourth-order valence-corrected chi connectivity index (χ4v) is 1.77. The van der Waals surface area contributed by atoms with Crippen molar-refractivity contribution < 1.29 is 14.3 Å². The molecule has 0 amide bonds. The minimum absolute atomic E-state index is 0.159. The molecule has 0 heterocycles. The van der Waals surface area contributed by atoms with Gasteiger partial charge in [-0.15, -0.1) is 0 Å². The second-order valence-corrected chi connectivity index (χ2v) is 4.22. The number of ketones is 1. The van der Waals surface area contributed by atoms with Gasteiger partial charge in [0.25, 0.3) is 0 Å². The van der Waals surface area contributed by atoms with E-state index in [1.54, 1.807) is 6.07 Å². The molecule has 0 aromatic heterocycles. The second kappa shape index (κ2) is 6.00. The summed E-state index contributed by atoms with van der Waals surface area (Å²) in [5.41, 5.74) is 5.77. The number of rotatable bonds is 4. The molecule has 0 aliphatic carbocycles. The van der Waals surface area contributed by atoms with E-state index >= 15 is 0 Å². The fraction of sp³-hybridized carbons (Fsp3) is 0.273. The highest BCUT2D eigenvalue weighted by Crippen LogP contribution is 2.22. The molecule has 0 aliphatic heterocycles. The molecule has 0 radical (unpaired) electrons. The van der Waals surface area contributed by atoms with Gasteiger partial charge in [-0.3, -0.25) is 9.59 Å². The van der Waals surface area contributed by atoms with Gasteiger partial charge in [-0.2, -0.15) is 0 Å². The molecule has 1 unspecified atom stereocenters. The summed E-state index contributed by atoms with van der Waals surface area (Å²) in [6.07, 6.45) is -0.159. The predicted octanol–water partition coefficient (Wildman–Crippen LogP) is 2.07. The Labute approximate surface area is 109 Å². The van der Waals surface area contributed by atoms with Crippen LogP contribution in [0.1, 0.15) is 16.8 Å². The lowest BCUT2D eigenvalue weighted by Crippen LogP contribution is -2.33. The van der Waals surface area contributed by atoms with Gasteiger partial charge in [-0.1, -0.05) is 23.2 Å². The zero-order valence-corrected chi connectivity index (χ0v) is 10.6. The molecule has 0 saturated heterocycles. The van der Waals surface area contributed by atoms with Crippen molar-refractivity contribution in [2.45, 2.75) is 12.5 Å². The zero-order chi connectivity index (χ0) is 13.0. The van der Waals surface area contributed by atoms with E-state index in [1.807, 2.05) is 0 Å². The summed E-state index contributed by atoms with van der Waals surface area (Å²) in [5, 5.41) is 0.670. The largest absolute Gasteiger partial charge is 0.468 e. The summed E-state index contributed by atoms with van der Waals surface area (Å²) in [6, 6.07) is 3.51. The number of ether oxygens (including phenoxy) is 1. The maximum absolute atomic E-state index is 11.8. The van der Waals surface area contributed by atoms with E-state index in [0.717, 1.165) is 0 Å². The highest BCUT2D eigenvalue weighted by molar-refractivity contribution is 6.36. The molecule has 92 valence electrons. The minimum atomic E-state index is -0.987. The highest BCUT2D eigenvalue weighted by atomic mass is 35.5. The van der Waals surface area contributed by atoms with E-state index in [0.29, 0.717) is 5.02 Å². The third-order valence-corrected chi connectivity index (χ3v) is 2.69. The Bertz CT molecular complexity index is 448. The van der Waals surface area contributed by atoms with Crippen molar-refractivity contribution >= 4 is 35.0 Å². The lowest BCUT2D eigenvalue weighted by atomic mass is 10.0. The van der Waals surface area contributed by atoms with Crippen molar-refractivity contribution in [2.75, 3.05) is 7.11 Å². The Kier molecular flexibility index (Phi) is 4.93. The third-order valence-electron chi connectivity index (χ3n) is 2.14. The first-order valence-electron chi connectivity index (χ1n) is 4.77. The molecular formula is C11H11Cl2NO3. The number of Topliss-reactive ketones (excluding diaryl/α,β-unsaturated/α-hetero) is 1. The number of carbonyl (C=O) groups is 2. The predicted molar refractivity (Wildman–Crippen MR) is 65.4 cm³/mol. The van der Waals surface area contributed by atoms with Crippen LogP contribution in [0.3, 0.4) is 0 Å². The van der Waals surface area contributed by atoms with E-state index in [2.05, 4.69) is 4.74 Å². The molecule has 2 N–H and O–H groups in total. The van der Waals surface area contributed by atoms with Crippen LogP contribution in [-0.2, 0) is 9.53 Å². The molecule has 1 aromatic rings. The number of benzene rings is 1. The van der Waals surface area contributed by atoms with Gasteiger partial charge < -0.3 is 10.5 Å². The van der Waals surface area contributed by atoms with E-state index in [9.17, 15) is 9.59 Å². The number of esters is 1. The third kappa shape index (κ3) is 3.70. The van der Waals surface area contributed by atoms with Crippen LogP contribution in [0.2, 0.25) is 10.0 Å². The molecule has 1 rings (SSSR count). The maximum Gasteiger partial charge on any atom is 0.323 e. The van der Waals surface area contributed by atoms with Crippen molar-refractivity contribution in [3.8, 4) is 0 Å². The fourth-order valence-electron chi connectivity index (χ4n) is 1.26. The Balaban J connectivity index is 2.80. The molecule has 0 bridgehead atoms. The van der Waals surface area contributed by atoms with E-state index < -0.39 is 12.0 Å². The minimum Gasteiger partial charge on any atom is -0.468 e. The van der Waals surface area contributed by atoms with E-state index in [1.165, 1.54) is 19.2 Å². The number of hydrogen-bond acceptors (Lipinski definition) is 4. The van der Waals surface area contributed by atoms with Crippen LogP contribution in [-0.4, -0.2) is 24.9 Å². The van der Waals surface area contributed by atoms with Crippen LogP contribution >= 0.6 is 23.2 Å². The van der Waals surface area contributed by atoms with Gasteiger partial charge >= 0.3 is 5.97 Å². The number of methoxy groups -OCH3 is 1. The molecule has 0 aliphatic rings. The van der Waals surface area contributed by atoms with Crippen LogP contribution in [0.4, 0.5) is 0 Å². The molecule has 0 spiro atoms. The van der Waals surface area contributed by atoms with Crippen LogP contribution in [0.25, 0.3) is 0 Å². The molecule has 6 heteroatoms. The summed E-state index contributed by atoms with van der Waals surface area (Å²) in [4.78, 5) is 22.9. The molecule has 0 saturated carbocycles. The summed E-state index contributed by atoms with van der Waals surface area (Å²) >= 11 is 11.6. The van der Waals surface area contributed by atoms with E-state index in [4.69, 9.17) is 28.9 Å². The van der Waals surface area contributed by atoms with Crippen molar-refractivity contribution in [1.29, 1.82) is 0 Å². The molecule has 1 aromatic carbocycles. The van der Waals surface area contributed by atoms with E-state index in [-0.39, 0.29) is 22.8 Å². The lowest BCUT2D eigenvalue weighted by Gasteiger charge is -2.09. The van der Waals surface area contributed by atoms with Gasteiger partial charge in [-0.05, 0) is 18.2 Å². The highest BCUT2D eigenvalue weighted by Gasteiger charge is 2.20. The van der Waals surface area contributed by atoms with Crippen LogP contribution in [0.15, 0.2) is 18.2 Å². The van der Waals surface area contributed by atoms with Crippen LogP contribution in [0, 0.1) is 0 Å². The Morgan fingerprint density at radius 2 is 2.06 bits per heavy atom. The van der Waals surface area contributed by atoms with Crippen molar-refractivity contribution in [3.63, 3.8) is 0 Å². The molecule has 0 fully saturated rings. The van der Waals surface area contributed by atoms with Gasteiger partial charge in [0.05, 0.1) is 12.1 Å². The van der Waals surface area contributed by atoms with Gasteiger partial charge in [0.1, 0.15) is 6.04 Å². The molecule has 4 nitrogen and oxygen atoms in total. The van der Waals surface area contributed by atoms with Gasteiger partial charge in [0.15, 0.2) is 5.78 Å². The van der Waals surface area contributed by atoms with Crippen molar-refractivity contribution in [3.05, 3.63) is 33.8 Å². The normalized spacial score (nSPS) is 12.0. The number of halogens is 2. The second-order valence-electron chi connectivity index (χ2n) is 3.38. The number of hydrogen-bond donors (Lipinski definition) is 1.